The third kappa shape index (κ3) is 4.89. The lowest BCUT2D eigenvalue weighted by atomic mass is 10.2. The van der Waals surface area contributed by atoms with E-state index in [1.54, 1.807) is 0 Å². The van der Waals surface area contributed by atoms with Crippen LogP contribution in [0.15, 0.2) is 30.3 Å². The van der Waals surface area contributed by atoms with Gasteiger partial charge >= 0.3 is 10.2 Å². The second-order valence-electron chi connectivity index (χ2n) is 6.00. The van der Waals surface area contributed by atoms with Crippen molar-refractivity contribution >= 4 is 50.9 Å². The summed E-state index contributed by atoms with van der Waals surface area (Å²) in [6, 6.07) is 5.85. The van der Waals surface area contributed by atoms with Crippen LogP contribution in [-0.4, -0.2) is 37.6 Å². The predicted molar refractivity (Wildman–Crippen MR) is 101 cm³/mol. The van der Waals surface area contributed by atoms with Gasteiger partial charge in [0.25, 0.3) is 11.8 Å². The van der Waals surface area contributed by atoms with E-state index < -0.39 is 46.5 Å². The Morgan fingerprint density at radius 3 is 2.31 bits per heavy atom. The molecule has 13 heteroatoms. The normalized spacial score (nSPS) is 16.2. The number of benzene rings is 2. The Hall–Kier alpha value is -1.72. The average Bonchev–Trinajstić information content (AvgIpc) is 2.58. The molecule has 0 radical (unpaired) electrons. The van der Waals surface area contributed by atoms with E-state index in [4.69, 9.17) is 39.5 Å². The van der Waals surface area contributed by atoms with Gasteiger partial charge in [-0.1, -0.05) is 34.8 Å². The summed E-state index contributed by atoms with van der Waals surface area (Å²) in [6.07, 6.45) is 0. The number of nitrogens with zero attached hydrogens (tertiary/aromatic N) is 1. The van der Waals surface area contributed by atoms with E-state index in [1.165, 1.54) is 22.9 Å². The molecular weight excluding hydrogens is 480 g/mol. The first-order valence-electron chi connectivity index (χ1n) is 7.70. The van der Waals surface area contributed by atoms with Crippen molar-refractivity contribution in [3.05, 3.63) is 56.8 Å². The second-order valence-corrected chi connectivity index (χ2v) is 8.89. The highest BCUT2D eigenvalue weighted by molar-refractivity contribution is 7.87. The molecule has 0 aliphatic carbocycles. The smallest absolute Gasteiger partial charge is 0.304 e. The number of rotatable bonds is 5. The molecule has 2 aromatic carbocycles. The van der Waals surface area contributed by atoms with Gasteiger partial charge in [0, 0.05) is 12.1 Å². The highest BCUT2D eigenvalue weighted by Crippen LogP contribution is 2.34. The standard InChI is InChI=1S/C16H10Cl3F3N2O4S/c17-10-2-1-8(3-11(10)18)28-14-5-13(20)9(4-12(14)19)15(25)23-29(26,27)24-6-16(21,22)7-24/h1-5H,6-7H2,(H,23,25). The van der Waals surface area contributed by atoms with Crippen LogP contribution in [-0.2, 0) is 10.2 Å². The Morgan fingerprint density at radius 2 is 1.72 bits per heavy atom. The Balaban J connectivity index is 1.78. The minimum atomic E-state index is -4.55. The Kier molecular flexibility index (Phi) is 5.94. The van der Waals surface area contributed by atoms with Gasteiger partial charge in [0.1, 0.15) is 17.3 Å². The van der Waals surface area contributed by atoms with Crippen molar-refractivity contribution in [1.82, 2.24) is 9.03 Å². The summed E-state index contributed by atoms with van der Waals surface area (Å²) in [5, 5.41) is 0.235. The van der Waals surface area contributed by atoms with Crippen molar-refractivity contribution in [2.75, 3.05) is 13.1 Å². The first-order valence-corrected chi connectivity index (χ1v) is 10.3. The zero-order chi connectivity index (χ0) is 21.6. The third-order valence-corrected chi connectivity index (χ3v) is 6.18. The van der Waals surface area contributed by atoms with Crippen LogP contribution in [0.2, 0.25) is 15.1 Å². The molecule has 0 atom stereocenters. The van der Waals surface area contributed by atoms with Gasteiger partial charge in [0.2, 0.25) is 0 Å². The lowest BCUT2D eigenvalue weighted by Crippen LogP contribution is -2.61. The molecular formula is C16H10Cl3F3N2O4S. The fraction of sp³-hybridized carbons (Fsp3) is 0.188. The van der Waals surface area contributed by atoms with Gasteiger partial charge in [-0.2, -0.15) is 12.7 Å². The molecule has 0 bridgehead atoms. The average molecular weight is 490 g/mol. The number of carbonyl (C=O) groups is 1. The van der Waals surface area contributed by atoms with Crippen molar-refractivity contribution in [1.29, 1.82) is 0 Å². The van der Waals surface area contributed by atoms with Gasteiger partial charge in [0.15, 0.2) is 0 Å². The van der Waals surface area contributed by atoms with Gasteiger partial charge < -0.3 is 4.74 Å². The molecule has 1 fully saturated rings. The lowest BCUT2D eigenvalue weighted by Gasteiger charge is -2.37. The van der Waals surface area contributed by atoms with E-state index in [0.29, 0.717) is 4.31 Å². The van der Waals surface area contributed by atoms with Crippen LogP contribution < -0.4 is 9.46 Å². The van der Waals surface area contributed by atoms with Crippen LogP contribution in [0.25, 0.3) is 0 Å². The maximum Gasteiger partial charge on any atom is 0.304 e. The number of halogens is 6. The van der Waals surface area contributed by atoms with Crippen molar-refractivity contribution in [2.24, 2.45) is 0 Å². The quantitative estimate of drug-likeness (QED) is 0.671. The molecule has 1 heterocycles. The van der Waals surface area contributed by atoms with E-state index in [1.807, 2.05) is 0 Å². The van der Waals surface area contributed by atoms with Crippen molar-refractivity contribution in [3.8, 4) is 11.5 Å². The van der Waals surface area contributed by atoms with Crippen molar-refractivity contribution in [2.45, 2.75) is 5.92 Å². The van der Waals surface area contributed by atoms with Crippen LogP contribution in [0.4, 0.5) is 13.2 Å². The number of hydrogen-bond acceptors (Lipinski definition) is 4. The fourth-order valence-corrected chi connectivity index (χ4v) is 4.01. The van der Waals surface area contributed by atoms with Crippen LogP contribution in [0.3, 0.4) is 0 Å². The second kappa shape index (κ2) is 7.84. The van der Waals surface area contributed by atoms with Gasteiger partial charge in [-0.25, -0.2) is 17.9 Å². The Morgan fingerprint density at radius 1 is 1.07 bits per heavy atom. The molecule has 3 rings (SSSR count). The number of ether oxygens (including phenoxy) is 1. The molecule has 1 aliphatic heterocycles. The Bertz CT molecular complexity index is 1090. The first-order chi connectivity index (χ1) is 13.4. The van der Waals surface area contributed by atoms with Crippen LogP contribution in [0.1, 0.15) is 10.4 Å². The third-order valence-electron chi connectivity index (χ3n) is 3.76. The summed E-state index contributed by atoms with van der Waals surface area (Å²) in [5.74, 6) is -5.69. The largest absolute Gasteiger partial charge is 0.456 e. The van der Waals surface area contributed by atoms with Crippen LogP contribution in [0.5, 0.6) is 11.5 Å². The summed E-state index contributed by atoms with van der Waals surface area (Å²) >= 11 is 17.6. The molecule has 1 amide bonds. The molecule has 1 aliphatic rings. The van der Waals surface area contributed by atoms with Gasteiger partial charge in [-0.15, -0.1) is 0 Å². The number of nitrogens with one attached hydrogen (secondary N) is 1. The van der Waals surface area contributed by atoms with E-state index in [-0.39, 0.29) is 26.6 Å². The summed E-state index contributed by atoms with van der Waals surface area (Å²) in [7, 11) is -4.55. The Labute approximate surface area is 178 Å². The van der Waals surface area contributed by atoms with Gasteiger partial charge in [0.05, 0.1) is 33.7 Å². The molecule has 0 aromatic heterocycles. The zero-order valence-corrected chi connectivity index (χ0v) is 17.1. The number of alkyl halides is 2. The summed E-state index contributed by atoms with van der Waals surface area (Å²) in [6.45, 7) is -2.15. The minimum absolute atomic E-state index is 0.177. The fourth-order valence-electron chi connectivity index (χ4n) is 2.32. The highest BCUT2D eigenvalue weighted by Gasteiger charge is 2.50. The lowest BCUT2D eigenvalue weighted by molar-refractivity contribution is -0.0948. The highest BCUT2D eigenvalue weighted by atomic mass is 35.5. The van der Waals surface area contributed by atoms with Gasteiger partial charge in [-0.3, -0.25) is 4.79 Å². The topological polar surface area (TPSA) is 75.7 Å². The summed E-state index contributed by atoms with van der Waals surface area (Å²) in [4.78, 5) is 12.1. The van der Waals surface area contributed by atoms with E-state index >= 15 is 0 Å². The van der Waals surface area contributed by atoms with Crippen molar-refractivity contribution < 1.29 is 31.1 Å². The summed E-state index contributed by atoms with van der Waals surface area (Å²) < 4.78 is 71.1. The van der Waals surface area contributed by atoms with E-state index in [2.05, 4.69) is 0 Å². The molecule has 0 unspecified atom stereocenters. The maximum atomic E-state index is 14.3. The maximum absolute atomic E-state index is 14.3. The number of amides is 1. The molecule has 2 aromatic rings. The molecule has 29 heavy (non-hydrogen) atoms. The molecule has 156 valence electrons. The SMILES string of the molecule is O=C(NS(=O)(=O)N1CC(F)(F)C1)c1cc(Cl)c(Oc2ccc(Cl)c(Cl)c2)cc1F. The molecule has 1 saturated heterocycles. The predicted octanol–water partition coefficient (Wildman–Crippen LogP) is 4.50. The van der Waals surface area contributed by atoms with Crippen LogP contribution >= 0.6 is 34.8 Å². The minimum Gasteiger partial charge on any atom is -0.456 e. The molecule has 1 N–H and O–H groups in total. The molecule has 0 spiro atoms. The van der Waals surface area contributed by atoms with E-state index in [9.17, 15) is 26.4 Å². The van der Waals surface area contributed by atoms with Crippen molar-refractivity contribution in [3.63, 3.8) is 0 Å². The molecule has 0 saturated carbocycles. The molecule has 6 nitrogen and oxygen atoms in total. The number of carbonyl (C=O) groups excluding carboxylic acids is 1. The van der Waals surface area contributed by atoms with Crippen LogP contribution in [0, 0.1) is 5.82 Å². The first kappa shape index (κ1) is 22.0. The summed E-state index contributed by atoms with van der Waals surface area (Å²) in [5.41, 5.74) is -0.715. The van der Waals surface area contributed by atoms with Gasteiger partial charge in [-0.05, 0) is 18.2 Å². The zero-order valence-electron chi connectivity index (χ0n) is 14.1. The number of hydrogen-bond donors (Lipinski definition) is 1. The monoisotopic (exact) mass is 488 g/mol. The van der Waals surface area contributed by atoms with E-state index in [0.717, 1.165) is 12.1 Å².